The minimum absolute atomic E-state index is 0.141. The highest BCUT2D eigenvalue weighted by atomic mass is 32.2. The molecule has 6 rings (SSSR count). The first-order valence-electron chi connectivity index (χ1n) is 12.2. The van der Waals surface area contributed by atoms with Gasteiger partial charge in [-0.3, -0.25) is 0 Å². The van der Waals surface area contributed by atoms with E-state index in [4.69, 9.17) is 9.47 Å². The molecule has 1 N–H and O–H groups in total. The zero-order chi connectivity index (χ0) is 22.5. The molecule has 182 valence electrons. The lowest BCUT2D eigenvalue weighted by molar-refractivity contribution is -0.201. The van der Waals surface area contributed by atoms with Crippen LogP contribution in [0.4, 0.5) is 5.82 Å². The van der Waals surface area contributed by atoms with Crippen LogP contribution in [0.25, 0.3) is 0 Å². The van der Waals surface area contributed by atoms with Gasteiger partial charge < -0.3 is 19.3 Å². The predicted octanol–water partition coefficient (Wildman–Crippen LogP) is 0.236. The van der Waals surface area contributed by atoms with Crippen LogP contribution in [0.1, 0.15) is 32.1 Å². The van der Waals surface area contributed by atoms with Crippen molar-refractivity contribution in [2.45, 2.75) is 49.9 Å². The molecule has 2 spiro atoms. The molecule has 0 unspecified atom stereocenters. The van der Waals surface area contributed by atoms with E-state index in [1.165, 1.54) is 17.1 Å². The molecule has 0 amide bonds. The van der Waals surface area contributed by atoms with Gasteiger partial charge in [0.25, 0.3) is 10.2 Å². The Kier molecular flexibility index (Phi) is 5.62. The molecule has 1 aromatic heterocycles. The summed E-state index contributed by atoms with van der Waals surface area (Å²) in [7, 11) is -3.45. The lowest BCUT2D eigenvalue weighted by Crippen LogP contribution is -2.71. The average Bonchev–Trinajstić information content (AvgIpc) is 2.72. The number of rotatable bonds is 6. The standard InChI is InChI=1S/C22H34N6O4S/c29-33(30,28-15-22(16-28)6-10-32-22)25-18-1-2-19(31-12-18)11-26-8-4-21(5-9-26)13-27(14-21)20-3-7-23-17-24-20/h3,7,17-19,25H,1-2,4-6,8-16H2/t18-,19+/m1/s1. The van der Waals surface area contributed by atoms with Gasteiger partial charge in [0.2, 0.25) is 0 Å². The normalized spacial score (nSPS) is 31.7. The van der Waals surface area contributed by atoms with Crippen LogP contribution in [0.15, 0.2) is 18.6 Å². The molecule has 0 radical (unpaired) electrons. The summed E-state index contributed by atoms with van der Waals surface area (Å²) in [6.07, 6.45) is 8.72. The number of hydrogen-bond donors (Lipinski definition) is 1. The maximum absolute atomic E-state index is 12.6. The van der Waals surface area contributed by atoms with Crippen molar-refractivity contribution in [3.63, 3.8) is 0 Å². The zero-order valence-electron chi connectivity index (χ0n) is 19.1. The van der Waals surface area contributed by atoms with Crippen LogP contribution in [0, 0.1) is 5.41 Å². The van der Waals surface area contributed by atoms with Crippen molar-refractivity contribution >= 4 is 16.0 Å². The van der Waals surface area contributed by atoms with Crippen LogP contribution in [0.2, 0.25) is 0 Å². The summed E-state index contributed by atoms with van der Waals surface area (Å²) in [6, 6.07) is 1.84. The number of nitrogens with zero attached hydrogens (tertiary/aromatic N) is 5. The molecule has 0 aliphatic carbocycles. The summed E-state index contributed by atoms with van der Waals surface area (Å²) >= 11 is 0. The number of piperidine rings is 1. The number of hydrogen-bond acceptors (Lipinski definition) is 8. The van der Waals surface area contributed by atoms with Crippen molar-refractivity contribution < 1.29 is 17.9 Å². The topological polar surface area (TPSA) is 100 Å². The Labute approximate surface area is 195 Å². The molecule has 0 saturated carbocycles. The van der Waals surface area contributed by atoms with Crippen molar-refractivity contribution in [2.24, 2.45) is 5.41 Å². The molecule has 11 heteroatoms. The number of nitrogens with one attached hydrogen (secondary N) is 1. The first-order chi connectivity index (χ1) is 15.9. The zero-order valence-corrected chi connectivity index (χ0v) is 19.9. The number of ether oxygens (including phenoxy) is 2. The molecule has 2 atom stereocenters. The third kappa shape index (κ3) is 4.39. The second-order valence-electron chi connectivity index (χ2n) is 10.6. The smallest absolute Gasteiger partial charge is 0.279 e. The van der Waals surface area contributed by atoms with Gasteiger partial charge in [0.15, 0.2) is 0 Å². The summed E-state index contributed by atoms with van der Waals surface area (Å²) in [5.74, 6) is 1.03. The van der Waals surface area contributed by atoms with E-state index < -0.39 is 10.2 Å². The van der Waals surface area contributed by atoms with E-state index >= 15 is 0 Å². The summed E-state index contributed by atoms with van der Waals surface area (Å²) in [6.45, 7) is 7.48. The Bertz CT molecular complexity index is 927. The van der Waals surface area contributed by atoms with Gasteiger partial charge in [0, 0.05) is 56.8 Å². The Balaban J connectivity index is 0.904. The third-order valence-corrected chi connectivity index (χ3v) is 9.81. The van der Waals surface area contributed by atoms with Crippen molar-refractivity contribution in [2.75, 3.05) is 63.9 Å². The fourth-order valence-electron chi connectivity index (χ4n) is 5.95. The molecule has 0 aromatic carbocycles. The van der Waals surface area contributed by atoms with E-state index in [1.807, 2.05) is 6.07 Å². The molecule has 10 nitrogen and oxygen atoms in total. The van der Waals surface area contributed by atoms with E-state index in [1.54, 1.807) is 12.5 Å². The van der Waals surface area contributed by atoms with E-state index in [0.717, 1.165) is 64.4 Å². The average molecular weight is 479 g/mol. The van der Waals surface area contributed by atoms with Gasteiger partial charge in [0.05, 0.1) is 24.9 Å². The quantitative estimate of drug-likeness (QED) is 0.621. The van der Waals surface area contributed by atoms with Gasteiger partial charge in [-0.15, -0.1) is 0 Å². The van der Waals surface area contributed by atoms with Gasteiger partial charge in [-0.25, -0.2) is 9.97 Å². The van der Waals surface area contributed by atoms with Crippen molar-refractivity contribution in [3.05, 3.63) is 18.6 Å². The van der Waals surface area contributed by atoms with Gasteiger partial charge in [-0.05, 0) is 44.8 Å². The first kappa shape index (κ1) is 22.1. The lowest BCUT2D eigenvalue weighted by atomic mass is 9.72. The molecule has 5 aliphatic rings. The molecule has 1 aromatic rings. The van der Waals surface area contributed by atoms with Crippen LogP contribution in [0.5, 0.6) is 0 Å². The molecule has 0 bridgehead atoms. The molecular formula is C22H34N6O4S. The monoisotopic (exact) mass is 478 g/mol. The fraction of sp³-hybridized carbons (Fsp3) is 0.818. The maximum Gasteiger partial charge on any atom is 0.279 e. The first-order valence-corrected chi connectivity index (χ1v) is 13.6. The number of likely N-dealkylation sites (tertiary alicyclic amines) is 1. The Morgan fingerprint density at radius 3 is 2.52 bits per heavy atom. The van der Waals surface area contributed by atoms with E-state index in [2.05, 4.69) is 24.5 Å². The highest BCUT2D eigenvalue weighted by Gasteiger charge is 2.53. The molecule has 5 aliphatic heterocycles. The SMILES string of the molecule is O=S(=O)(N[C@@H]1CC[C@@H](CN2CCC3(CC2)CN(c2ccncn2)C3)OC1)N1CC2(CCO2)C1. The second kappa shape index (κ2) is 8.39. The summed E-state index contributed by atoms with van der Waals surface area (Å²) in [5.41, 5.74) is 0.238. The van der Waals surface area contributed by atoms with E-state index in [0.29, 0.717) is 25.1 Å². The van der Waals surface area contributed by atoms with Crippen LogP contribution < -0.4 is 9.62 Å². The van der Waals surface area contributed by atoms with Crippen molar-refractivity contribution in [3.8, 4) is 0 Å². The Morgan fingerprint density at radius 2 is 1.91 bits per heavy atom. The highest BCUT2D eigenvalue weighted by Crippen LogP contribution is 2.42. The van der Waals surface area contributed by atoms with E-state index in [9.17, 15) is 8.42 Å². The van der Waals surface area contributed by atoms with Crippen LogP contribution in [-0.2, 0) is 19.7 Å². The molecule has 33 heavy (non-hydrogen) atoms. The van der Waals surface area contributed by atoms with Gasteiger partial charge in [-0.2, -0.15) is 17.4 Å². The van der Waals surface area contributed by atoms with Gasteiger partial charge >= 0.3 is 0 Å². The summed E-state index contributed by atoms with van der Waals surface area (Å²) in [4.78, 5) is 13.2. The van der Waals surface area contributed by atoms with Gasteiger partial charge in [-0.1, -0.05) is 0 Å². The van der Waals surface area contributed by atoms with Gasteiger partial charge in [0.1, 0.15) is 12.1 Å². The maximum atomic E-state index is 12.6. The van der Waals surface area contributed by atoms with Crippen molar-refractivity contribution in [1.29, 1.82) is 0 Å². The van der Waals surface area contributed by atoms with Crippen LogP contribution in [0.3, 0.4) is 0 Å². The lowest BCUT2D eigenvalue weighted by Gasteiger charge is -2.54. The van der Waals surface area contributed by atoms with E-state index in [-0.39, 0.29) is 17.7 Å². The molecule has 5 saturated heterocycles. The predicted molar refractivity (Wildman–Crippen MR) is 122 cm³/mol. The largest absolute Gasteiger partial charge is 0.375 e. The highest BCUT2D eigenvalue weighted by molar-refractivity contribution is 7.87. The molecular weight excluding hydrogens is 444 g/mol. The Morgan fingerprint density at radius 1 is 1.12 bits per heavy atom. The number of aromatic nitrogens is 2. The summed E-state index contributed by atoms with van der Waals surface area (Å²) < 4.78 is 41.1. The van der Waals surface area contributed by atoms with Crippen LogP contribution >= 0.6 is 0 Å². The second-order valence-corrected chi connectivity index (χ2v) is 12.3. The Hall–Kier alpha value is -1.37. The fourth-order valence-corrected chi connectivity index (χ4v) is 7.51. The minimum atomic E-state index is -3.45. The molecule has 5 fully saturated rings. The number of anilines is 1. The minimum Gasteiger partial charge on any atom is -0.375 e. The van der Waals surface area contributed by atoms with Crippen LogP contribution in [-0.4, -0.2) is 104 Å². The summed E-state index contributed by atoms with van der Waals surface area (Å²) in [5, 5.41) is 0. The molecule has 6 heterocycles. The third-order valence-electron chi connectivity index (χ3n) is 8.24. The van der Waals surface area contributed by atoms with Crippen molar-refractivity contribution in [1.82, 2.24) is 23.9 Å².